The third-order valence-electron chi connectivity index (χ3n) is 2.23. The molecular weight excluding hydrogens is 188 g/mol. The van der Waals surface area contributed by atoms with Gasteiger partial charge in [0.05, 0.1) is 0 Å². The molecule has 84 valence electrons. The van der Waals surface area contributed by atoms with Crippen LogP contribution in [0.4, 0.5) is 0 Å². The molecule has 0 saturated heterocycles. The van der Waals surface area contributed by atoms with Crippen molar-refractivity contribution < 1.29 is 4.79 Å². The highest BCUT2D eigenvalue weighted by molar-refractivity contribution is 5.92. The largest absolute Gasteiger partial charge is 0.357 e. The van der Waals surface area contributed by atoms with Crippen LogP contribution in [0.1, 0.15) is 44.1 Å². The van der Waals surface area contributed by atoms with Gasteiger partial charge >= 0.3 is 0 Å². The first-order valence-corrected chi connectivity index (χ1v) is 5.41. The summed E-state index contributed by atoms with van der Waals surface area (Å²) in [5.74, 6) is -0.0195. The van der Waals surface area contributed by atoms with E-state index in [0.717, 1.165) is 19.4 Å². The molecule has 3 heteroatoms. The molecule has 0 aliphatic rings. The molecule has 1 amide bonds. The van der Waals surface area contributed by atoms with Crippen LogP contribution in [-0.2, 0) is 0 Å². The Balaban J connectivity index is 2.19. The Kier molecular flexibility index (Phi) is 3.95. The lowest BCUT2D eigenvalue weighted by Crippen LogP contribution is -2.25. The first-order valence-electron chi connectivity index (χ1n) is 5.41. The number of nitrogens with one attached hydrogen (secondary N) is 2. The van der Waals surface area contributed by atoms with Gasteiger partial charge in [-0.3, -0.25) is 4.79 Å². The molecule has 1 aromatic rings. The Morgan fingerprint density at radius 3 is 2.73 bits per heavy atom. The molecule has 0 bridgehead atoms. The molecular formula is C12H20N2O. The van der Waals surface area contributed by atoms with E-state index < -0.39 is 0 Å². The zero-order valence-electron chi connectivity index (χ0n) is 9.76. The fraction of sp³-hybridized carbons (Fsp3) is 0.583. The summed E-state index contributed by atoms with van der Waals surface area (Å²) in [7, 11) is 0. The SMILES string of the molecule is CC(C)(C)CCCNC(=O)c1ccc[nH]1. The lowest BCUT2D eigenvalue weighted by molar-refractivity contribution is 0.0947. The molecule has 1 rings (SSSR count). The van der Waals surface area contributed by atoms with Crippen LogP contribution in [0.5, 0.6) is 0 Å². The van der Waals surface area contributed by atoms with E-state index in [4.69, 9.17) is 0 Å². The Morgan fingerprint density at radius 1 is 1.47 bits per heavy atom. The second-order valence-corrected chi connectivity index (χ2v) is 5.00. The quantitative estimate of drug-likeness (QED) is 0.734. The molecule has 0 aromatic carbocycles. The van der Waals surface area contributed by atoms with Crippen molar-refractivity contribution in [3.05, 3.63) is 24.0 Å². The highest BCUT2D eigenvalue weighted by Crippen LogP contribution is 2.19. The fourth-order valence-electron chi connectivity index (χ4n) is 1.39. The van der Waals surface area contributed by atoms with E-state index in [1.807, 2.05) is 6.07 Å². The zero-order valence-corrected chi connectivity index (χ0v) is 9.76. The molecule has 0 radical (unpaired) electrons. The number of aromatic amines is 1. The highest BCUT2D eigenvalue weighted by atomic mass is 16.1. The molecule has 2 N–H and O–H groups in total. The van der Waals surface area contributed by atoms with Crippen molar-refractivity contribution in [2.45, 2.75) is 33.6 Å². The first kappa shape index (κ1) is 11.8. The lowest BCUT2D eigenvalue weighted by atomic mass is 9.91. The van der Waals surface area contributed by atoms with Gasteiger partial charge in [-0.05, 0) is 30.4 Å². The molecule has 0 saturated carbocycles. The number of hydrogen-bond acceptors (Lipinski definition) is 1. The standard InChI is InChI=1S/C12H20N2O/c1-12(2,3)7-5-9-14-11(15)10-6-4-8-13-10/h4,6,8,13H,5,7,9H2,1-3H3,(H,14,15). The average molecular weight is 208 g/mol. The van der Waals surface area contributed by atoms with Gasteiger partial charge < -0.3 is 10.3 Å². The Bertz CT molecular complexity index is 296. The zero-order chi connectivity index (χ0) is 11.3. The van der Waals surface area contributed by atoms with Gasteiger partial charge in [-0.25, -0.2) is 0 Å². The average Bonchev–Trinajstić information content (AvgIpc) is 2.63. The number of carbonyl (C=O) groups is 1. The molecule has 3 nitrogen and oxygen atoms in total. The van der Waals surface area contributed by atoms with Crippen LogP contribution >= 0.6 is 0 Å². The van der Waals surface area contributed by atoms with Gasteiger partial charge in [0, 0.05) is 12.7 Å². The van der Waals surface area contributed by atoms with Gasteiger partial charge in [-0.1, -0.05) is 20.8 Å². The Hall–Kier alpha value is -1.25. The second kappa shape index (κ2) is 5.01. The molecule has 1 aromatic heterocycles. The third-order valence-corrected chi connectivity index (χ3v) is 2.23. The van der Waals surface area contributed by atoms with Crippen molar-refractivity contribution in [3.63, 3.8) is 0 Å². The summed E-state index contributed by atoms with van der Waals surface area (Å²) in [6.45, 7) is 7.37. The van der Waals surface area contributed by atoms with Gasteiger partial charge in [0.25, 0.3) is 5.91 Å². The molecule has 0 atom stereocenters. The molecule has 0 unspecified atom stereocenters. The van der Waals surface area contributed by atoms with E-state index in [1.54, 1.807) is 12.3 Å². The Morgan fingerprint density at radius 2 is 2.20 bits per heavy atom. The number of carbonyl (C=O) groups excluding carboxylic acids is 1. The summed E-state index contributed by atoms with van der Waals surface area (Å²) in [6, 6.07) is 3.60. The summed E-state index contributed by atoms with van der Waals surface area (Å²) in [6.07, 6.45) is 3.90. The van der Waals surface area contributed by atoms with Crippen LogP contribution in [-0.4, -0.2) is 17.4 Å². The van der Waals surface area contributed by atoms with E-state index in [2.05, 4.69) is 31.1 Å². The van der Waals surface area contributed by atoms with E-state index in [9.17, 15) is 4.79 Å². The van der Waals surface area contributed by atoms with Crippen molar-refractivity contribution >= 4 is 5.91 Å². The van der Waals surface area contributed by atoms with Gasteiger partial charge in [0.15, 0.2) is 0 Å². The number of rotatable bonds is 4. The number of hydrogen-bond donors (Lipinski definition) is 2. The third kappa shape index (κ3) is 4.68. The van der Waals surface area contributed by atoms with Gasteiger partial charge in [0.2, 0.25) is 0 Å². The van der Waals surface area contributed by atoms with Crippen LogP contribution in [0.25, 0.3) is 0 Å². The van der Waals surface area contributed by atoms with Gasteiger partial charge in [-0.2, -0.15) is 0 Å². The van der Waals surface area contributed by atoms with Crippen LogP contribution in [0, 0.1) is 5.41 Å². The summed E-state index contributed by atoms with van der Waals surface area (Å²) in [5.41, 5.74) is 0.975. The number of aromatic nitrogens is 1. The van der Waals surface area contributed by atoms with Crippen LogP contribution in [0.15, 0.2) is 18.3 Å². The molecule has 0 spiro atoms. The molecule has 15 heavy (non-hydrogen) atoms. The van der Waals surface area contributed by atoms with E-state index >= 15 is 0 Å². The van der Waals surface area contributed by atoms with Crippen molar-refractivity contribution in [3.8, 4) is 0 Å². The van der Waals surface area contributed by atoms with Crippen molar-refractivity contribution in [1.29, 1.82) is 0 Å². The van der Waals surface area contributed by atoms with Crippen molar-refractivity contribution in [2.24, 2.45) is 5.41 Å². The molecule has 0 aliphatic heterocycles. The monoisotopic (exact) mass is 208 g/mol. The Labute approximate surface area is 91.3 Å². The van der Waals surface area contributed by atoms with Crippen molar-refractivity contribution in [2.75, 3.05) is 6.54 Å². The lowest BCUT2D eigenvalue weighted by Gasteiger charge is -2.17. The highest BCUT2D eigenvalue weighted by Gasteiger charge is 2.10. The van der Waals surface area contributed by atoms with E-state index in [0.29, 0.717) is 11.1 Å². The first-order chi connectivity index (χ1) is 6.99. The summed E-state index contributed by atoms with van der Waals surface area (Å²) in [4.78, 5) is 14.4. The smallest absolute Gasteiger partial charge is 0.267 e. The second-order valence-electron chi connectivity index (χ2n) is 5.00. The van der Waals surface area contributed by atoms with Gasteiger partial charge in [-0.15, -0.1) is 0 Å². The van der Waals surface area contributed by atoms with E-state index in [-0.39, 0.29) is 5.91 Å². The maximum absolute atomic E-state index is 11.5. The fourth-order valence-corrected chi connectivity index (χ4v) is 1.39. The van der Waals surface area contributed by atoms with Crippen LogP contribution in [0.3, 0.4) is 0 Å². The number of H-pyrrole nitrogens is 1. The molecule has 0 fully saturated rings. The van der Waals surface area contributed by atoms with Crippen molar-refractivity contribution in [1.82, 2.24) is 10.3 Å². The van der Waals surface area contributed by atoms with E-state index in [1.165, 1.54) is 0 Å². The summed E-state index contributed by atoms with van der Waals surface area (Å²) in [5, 5.41) is 2.89. The number of amides is 1. The van der Waals surface area contributed by atoms with Crippen LogP contribution in [0.2, 0.25) is 0 Å². The maximum Gasteiger partial charge on any atom is 0.267 e. The predicted octanol–water partition coefficient (Wildman–Crippen LogP) is 2.57. The normalized spacial score (nSPS) is 11.4. The minimum Gasteiger partial charge on any atom is -0.357 e. The molecule has 0 aliphatic carbocycles. The van der Waals surface area contributed by atoms with Gasteiger partial charge in [0.1, 0.15) is 5.69 Å². The van der Waals surface area contributed by atoms with Crippen LogP contribution < -0.4 is 5.32 Å². The predicted molar refractivity (Wildman–Crippen MR) is 61.8 cm³/mol. The maximum atomic E-state index is 11.5. The summed E-state index contributed by atoms with van der Waals surface area (Å²) >= 11 is 0. The minimum atomic E-state index is -0.0195. The minimum absolute atomic E-state index is 0.0195. The topological polar surface area (TPSA) is 44.9 Å². The molecule has 1 heterocycles. The summed E-state index contributed by atoms with van der Waals surface area (Å²) < 4.78 is 0.